The molecule has 33 heavy (non-hydrogen) atoms. The molecule has 0 aliphatic rings. The molecule has 3 rings (SSSR count). The summed E-state index contributed by atoms with van der Waals surface area (Å²) in [7, 11) is -3.94. The van der Waals surface area contributed by atoms with E-state index in [2.05, 4.69) is 10.0 Å². The van der Waals surface area contributed by atoms with Crippen molar-refractivity contribution in [2.45, 2.75) is 23.4 Å². The fraction of sp³-hybridized carbons (Fsp3) is 0.143. The summed E-state index contributed by atoms with van der Waals surface area (Å²) in [6.45, 7) is 1.24. The number of ether oxygens (including phenoxy) is 1. The fourth-order valence-electron chi connectivity index (χ4n) is 2.66. The number of alkyl halides is 3. The molecule has 0 bridgehead atoms. The molecule has 1 unspecified atom stereocenters. The highest BCUT2D eigenvalue weighted by molar-refractivity contribution is 7.94. The van der Waals surface area contributed by atoms with Crippen molar-refractivity contribution in [2.75, 3.05) is 10.0 Å². The second-order valence-electron chi connectivity index (χ2n) is 6.70. The van der Waals surface area contributed by atoms with E-state index < -0.39 is 39.7 Å². The number of halogens is 3. The average molecular weight is 499 g/mol. The maximum atomic E-state index is 12.8. The number of carbonyl (C=O) groups excluding carboxylic acids is 2. The van der Waals surface area contributed by atoms with Crippen LogP contribution in [0.5, 0.6) is 0 Å². The smallest absolute Gasteiger partial charge is 0.416 e. The first-order valence-electron chi connectivity index (χ1n) is 9.32. The summed E-state index contributed by atoms with van der Waals surface area (Å²) in [5.74, 6) is -1.86. The molecule has 174 valence electrons. The molecule has 1 amide bonds. The first-order valence-corrected chi connectivity index (χ1v) is 11.7. The van der Waals surface area contributed by atoms with Gasteiger partial charge < -0.3 is 10.1 Å². The van der Waals surface area contributed by atoms with E-state index in [0.717, 1.165) is 29.5 Å². The van der Waals surface area contributed by atoms with Crippen molar-refractivity contribution in [1.29, 1.82) is 0 Å². The van der Waals surface area contributed by atoms with E-state index in [4.69, 9.17) is 4.74 Å². The third-order valence-corrected chi connectivity index (χ3v) is 7.02. The number of anilines is 2. The largest absolute Gasteiger partial charge is 0.449 e. The molecule has 0 saturated carbocycles. The number of carbonyl (C=O) groups is 2. The molecule has 0 radical (unpaired) electrons. The standard InChI is InChI=1S/C21H17F3N2O5S2/c1-13(19(27)25-15-7-4-6-14(12-15)21(22,23)24)31-20(28)16-8-2-3-9-17(16)26-33(29,30)18-10-5-11-32-18/h2-13,26H,1H3,(H,25,27). The van der Waals surface area contributed by atoms with Gasteiger partial charge >= 0.3 is 12.1 Å². The van der Waals surface area contributed by atoms with Crippen LogP contribution in [0.15, 0.2) is 70.3 Å². The van der Waals surface area contributed by atoms with Gasteiger partial charge in [0.15, 0.2) is 6.10 Å². The van der Waals surface area contributed by atoms with Crippen molar-refractivity contribution < 1.29 is 35.9 Å². The van der Waals surface area contributed by atoms with Crippen LogP contribution in [-0.4, -0.2) is 26.4 Å². The summed E-state index contributed by atoms with van der Waals surface area (Å²) in [5, 5.41) is 3.84. The van der Waals surface area contributed by atoms with Gasteiger partial charge in [-0.25, -0.2) is 13.2 Å². The Hall–Kier alpha value is -3.38. The summed E-state index contributed by atoms with van der Waals surface area (Å²) in [6, 6.07) is 12.6. The summed E-state index contributed by atoms with van der Waals surface area (Å²) in [6.07, 6.45) is -5.96. The van der Waals surface area contributed by atoms with Crippen molar-refractivity contribution in [3.05, 3.63) is 77.2 Å². The van der Waals surface area contributed by atoms with Crippen molar-refractivity contribution in [1.82, 2.24) is 0 Å². The van der Waals surface area contributed by atoms with Crippen LogP contribution in [0.4, 0.5) is 24.5 Å². The number of hydrogen-bond donors (Lipinski definition) is 2. The fourth-order valence-corrected chi connectivity index (χ4v) is 4.73. The maximum Gasteiger partial charge on any atom is 0.416 e. The Kier molecular flexibility index (Phi) is 7.08. The maximum absolute atomic E-state index is 12.8. The predicted molar refractivity (Wildman–Crippen MR) is 117 cm³/mol. The van der Waals surface area contributed by atoms with Crippen LogP contribution in [0.3, 0.4) is 0 Å². The molecule has 0 aliphatic heterocycles. The van der Waals surface area contributed by atoms with Gasteiger partial charge in [-0.15, -0.1) is 11.3 Å². The van der Waals surface area contributed by atoms with Crippen LogP contribution in [0, 0.1) is 0 Å². The topological polar surface area (TPSA) is 102 Å². The van der Waals surface area contributed by atoms with E-state index in [1.807, 2.05) is 0 Å². The first kappa shape index (κ1) is 24.3. The summed E-state index contributed by atoms with van der Waals surface area (Å²) in [5.41, 5.74) is -1.27. The molecule has 2 aromatic carbocycles. The van der Waals surface area contributed by atoms with Gasteiger partial charge in [0.2, 0.25) is 0 Å². The van der Waals surface area contributed by atoms with Crippen molar-refractivity contribution in [2.24, 2.45) is 0 Å². The molecule has 1 atom stereocenters. The molecule has 3 aromatic rings. The zero-order valence-electron chi connectivity index (χ0n) is 16.9. The molecular weight excluding hydrogens is 481 g/mol. The van der Waals surface area contributed by atoms with Gasteiger partial charge in [0.1, 0.15) is 4.21 Å². The van der Waals surface area contributed by atoms with E-state index >= 15 is 0 Å². The molecule has 0 fully saturated rings. The van der Waals surface area contributed by atoms with Crippen molar-refractivity contribution >= 4 is 44.6 Å². The second kappa shape index (κ2) is 9.63. The molecule has 12 heteroatoms. The number of amides is 1. The number of hydrogen-bond acceptors (Lipinski definition) is 6. The predicted octanol–water partition coefficient (Wildman–Crippen LogP) is 4.75. The minimum atomic E-state index is -4.58. The molecule has 0 spiro atoms. The number of esters is 1. The van der Waals surface area contributed by atoms with Crippen LogP contribution >= 0.6 is 11.3 Å². The molecule has 1 heterocycles. The molecule has 2 N–H and O–H groups in total. The molecule has 0 aliphatic carbocycles. The highest BCUT2D eigenvalue weighted by Crippen LogP contribution is 2.30. The normalized spacial score (nSPS) is 12.6. The molecule has 7 nitrogen and oxygen atoms in total. The highest BCUT2D eigenvalue weighted by Gasteiger charge is 2.31. The summed E-state index contributed by atoms with van der Waals surface area (Å²) >= 11 is 0.991. The van der Waals surface area contributed by atoms with Crippen LogP contribution in [0.1, 0.15) is 22.8 Å². The quantitative estimate of drug-likeness (QED) is 0.458. The number of sulfonamides is 1. The van der Waals surface area contributed by atoms with Gasteiger partial charge in [-0.3, -0.25) is 9.52 Å². The van der Waals surface area contributed by atoms with Gasteiger partial charge in [-0.05, 0) is 48.7 Å². The van der Waals surface area contributed by atoms with E-state index in [-0.39, 0.29) is 21.1 Å². The van der Waals surface area contributed by atoms with E-state index in [1.54, 1.807) is 11.4 Å². The van der Waals surface area contributed by atoms with E-state index in [9.17, 15) is 31.2 Å². The zero-order valence-corrected chi connectivity index (χ0v) is 18.6. The Balaban J connectivity index is 1.71. The first-order chi connectivity index (χ1) is 15.5. The lowest BCUT2D eigenvalue weighted by Gasteiger charge is -2.16. The zero-order chi connectivity index (χ0) is 24.2. The lowest BCUT2D eigenvalue weighted by atomic mass is 10.2. The number of nitrogens with one attached hydrogen (secondary N) is 2. The lowest BCUT2D eigenvalue weighted by molar-refractivity contribution is -0.137. The molecular formula is C21H17F3N2O5S2. The second-order valence-corrected chi connectivity index (χ2v) is 9.56. The van der Waals surface area contributed by atoms with E-state index in [1.165, 1.54) is 43.3 Å². The van der Waals surface area contributed by atoms with Crippen LogP contribution in [0.25, 0.3) is 0 Å². The Morgan fingerprint density at radius 1 is 1.03 bits per heavy atom. The SMILES string of the molecule is CC(OC(=O)c1ccccc1NS(=O)(=O)c1cccs1)C(=O)Nc1cccc(C(F)(F)F)c1. The minimum Gasteiger partial charge on any atom is -0.449 e. The van der Waals surface area contributed by atoms with Gasteiger partial charge in [0.05, 0.1) is 16.8 Å². The van der Waals surface area contributed by atoms with E-state index in [0.29, 0.717) is 0 Å². The Bertz CT molecular complexity index is 1260. The highest BCUT2D eigenvalue weighted by atomic mass is 32.2. The van der Waals surface area contributed by atoms with Gasteiger partial charge in [-0.1, -0.05) is 24.3 Å². The third-order valence-electron chi connectivity index (χ3n) is 4.26. The Labute approximate surface area is 191 Å². The van der Waals surface area contributed by atoms with Crippen LogP contribution in [-0.2, 0) is 25.7 Å². The number of rotatable bonds is 7. The average Bonchev–Trinajstić information content (AvgIpc) is 3.29. The Morgan fingerprint density at radius 2 is 1.76 bits per heavy atom. The number of benzene rings is 2. The van der Waals surface area contributed by atoms with Gasteiger partial charge in [-0.2, -0.15) is 13.2 Å². The monoisotopic (exact) mass is 498 g/mol. The minimum absolute atomic E-state index is 0.0412. The van der Waals surface area contributed by atoms with Crippen molar-refractivity contribution in [3.8, 4) is 0 Å². The van der Waals surface area contributed by atoms with Gasteiger partial charge in [0, 0.05) is 5.69 Å². The number of thiophene rings is 1. The molecule has 0 saturated heterocycles. The third kappa shape index (κ3) is 6.11. The van der Waals surface area contributed by atoms with Crippen LogP contribution < -0.4 is 10.0 Å². The summed E-state index contributed by atoms with van der Waals surface area (Å²) in [4.78, 5) is 24.9. The Morgan fingerprint density at radius 3 is 2.42 bits per heavy atom. The van der Waals surface area contributed by atoms with Crippen molar-refractivity contribution in [3.63, 3.8) is 0 Å². The molecule has 1 aromatic heterocycles. The lowest BCUT2D eigenvalue weighted by Crippen LogP contribution is -2.30. The summed E-state index contributed by atoms with van der Waals surface area (Å²) < 4.78 is 70.9. The van der Waals surface area contributed by atoms with Crippen LogP contribution in [0.2, 0.25) is 0 Å². The number of para-hydroxylation sites is 1. The van der Waals surface area contributed by atoms with Gasteiger partial charge in [0.25, 0.3) is 15.9 Å².